The van der Waals surface area contributed by atoms with Crippen LogP contribution in [0.5, 0.6) is 0 Å². The first kappa shape index (κ1) is 16.9. The van der Waals surface area contributed by atoms with E-state index in [1.165, 1.54) is 0 Å². The normalized spacial score (nSPS) is 11.5. The van der Waals surface area contributed by atoms with Crippen LogP contribution in [0, 0.1) is 11.3 Å². The highest BCUT2D eigenvalue weighted by molar-refractivity contribution is 6.42. The van der Waals surface area contributed by atoms with Gasteiger partial charge in [0.1, 0.15) is 0 Å². The van der Waals surface area contributed by atoms with E-state index in [2.05, 4.69) is 10.6 Å². The van der Waals surface area contributed by atoms with E-state index >= 15 is 0 Å². The number of carbonyl (C=O) groups is 2. The van der Waals surface area contributed by atoms with Crippen LogP contribution in [0.4, 0.5) is 5.69 Å². The van der Waals surface area contributed by atoms with Gasteiger partial charge in [-0.2, -0.15) is 5.26 Å². The van der Waals surface area contributed by atoms with Gasteiger partial charge in [-0.25, -0.2) is 0 Å². The lowest BCUT2D eigenvalue weighted by atomic mass is 10.1. The van der Waals surface area contributed by atoms with Crippen LogP contribution in [0.1, 0.15) is 38.7 Å². The molecule has 0 aromatic heterocycles. The van der Waals surface area contributed by atoms with Crippen LogP contribution in [-0.4, -0.2) is 24.3 Å². The van der Waals surface area contributed by atoms with Gasteiger partial charge in [-0.3, -0.25) is 9.59 Å². The summed E-state index contributed by atoms with van der Waals surface area (Å²) < 4.78 is 0. The van der Waals surface area contributed by atoms with E-state index in [9.17, 15) is 9.59 Å². The zero-order chi connectivity index (χ0) is 15.7. The average Bonchev–Trinajstić information content (AvgIpc) is 2.50. The number of ketones is 1. The molecule has 0 saturated carbocycles. The number of carbonyl (C=O) groups excluding carboxylic acids is 2. The van der Waals surface area contributed by atoms with Crippen LogP contribution in [0.3, 0.4) is 0 Å². The van der Waals surface area contributed by atoms with Crippen LogP contribution in [-0.2, 0) is 9.59 Å². The third kappa shape index (κ3) is 5.36. The molecule has 0 aliphatic carbocycles. The number of anilines is 1. The molecule has 0 spiro atoms. The lowest BCUT2D eigenvalue weighted by Crippen LogP contribution is -2.43. The van der Waals surface area contributed by atoms with Crippen molar-refractivity contribution in [3.8, 4) is 6.07 Å². The van der Waals surface area contributed by atoms with E-state index in [1.54, 1.807) is 24.3 Å². The van der Waals surface area contributed by atoms with Gasteiger partial charge in [-0.1, -0.05) is 26.3 Å². The first-order valence-corrected chi connectivity index (χ1v) is 7.21. The number of nitriles is 1. The van der Waals surface area contributed by atoms with Crippen LogP contribution in [0.2, 0.25) is 0 Å². The minimum atomic E-state index is -0.646. The Bertz CT molecular complexity index is 535. The van der Waals surface area contributed by atoms with Gasteiger partial charge in [-0.05, 0) is 37.6 Å². The monoisotopic (exact) mass is 287 g/mol. The number of benzene rings is 1. The van der Waals surface area contributed by atoms with Crippen molar-refractivity contribution in [3.05, 3.63) is 29.8 Å². The van der Waals surface area contributed by atoms with Crippen LogP contribution in [0.25, 0.3) is 0 Å². The van der Waals surface area contributed by atoms with E-state index in [-0.39, 0.29) is 0 Å². The maximum atomic E-state index is 12.2. The number of nitrogens with one attached hydrogen (secondary N) is 2. The molecule has 0 heterocycles. The first-order valence-electron chi connectivity index (χ1n) is 7.21. The molecule has 0 fully saturated rings. The molecular formula is C16H21N3O2. The summed E-state index contributed by atoms with van der Waals surface area (Å²) in [6.07, 6.45) is 2.36. The summed E-state index contributed by atoms with van der Waals surface area (Å²) in [5.41, 5.74) is 0.896. The van der Waals surface area contributed by atoms with Crippen molar-refractivity contribution in [2.24, 2.45) is 0 Å². The van der Waals surface area contributed by atoms with Gasteiger partial charge in [0.25, 0.3) is 5.91 Å². The summed E-state index contributed by atoms with van der Waals surface area (Å²) in [5.74, 6) is -1.11. The van der Waals surface area contributed by atoms with Crippen LogP contribution in [0.15, 0.2) is 24.3 Å². The van der Waals surface area contributed by atoms with Crippen LogP contribution < -0.4 is 10.6 Å². The van der Waals surface area contributed by atoms with Gasteiger partial charge in [0.15, 0.2) is 0 Å². The van der Waals surface area contributed by atoms with E-state index in [1.807, 2.05) is 19.9 Å². The fourth-order valence-electron chi connectivity index (χ4n) is 1.95. The maximum absolute atomic E-state index is 12.2. The maximum Gasteiger partial charge on any atom is 0.293 e. The summed E-state index contributed by atoms with van der Waals surface area (Å²) in [4.78, 5) is 24.2. The number of Topliss-reactive ketones (excluding diaryl/α,β-unsaturated/α-hetero) is 1. The molecule has 21 heavy (non-hydrogen) atoms. The summed E-state index contributed by atoms with van der Waals surface area (Å²) >= 11 is 0. The minimum Gasteiger partial charge on any atom is -0.319 e. The lowest BCUT2D eigenvalue weighted by molar-refractivity contribution is -0.136. The molecule has 112 valence electrons. The van der Waals surface area contributed by atoms with Gasteiger partial charge in [0, 0.05) is 5.69 Å². The van der Waals surface area contributed by atoms with Gasteiger partial charge >= 0.3 is 0 Å². The Morgan fingerprint density at radius 1 is 1.29 bits per heavy atom. The van der Waals surface area contributed by atoms with Crippen molar-refractivity contribution in [2.75, 3.05) is 11.9 Å². The molecule has 5 nitrogen and oxygen atoms in total. The van der Waals surface area contributed by atoms with Gasteiger partial charge in [0.2, 0.25) is 5.78 Å². The van der Waals surface area contributed by atoms with Crippen LogP contribution >= 0.6 is 0 Å². The Hall–Kier alpha value is -2.19. The molecule has 1 aromatic rings. The molecule has 0 radical (unpaired) electrons. The molecular weight excluding hydrogens is 266 g/mol. The molecule has 1 aromatic carbocycles. The number of nitrogens with zero attached hydrogens (tertiary/aromatic N) is 1. The Labute approximate surface area is 125 Å². The SMILES string of the molecule is CCCNC(CCC)C(=O)C(=O)Nc1cccc(C#N)c1. The minimum absolute atomic E-state index is 0.439. The van der Waals surface area contributed by atoms with E-state index in [4.69, 9.17) is 5.26 Å². The fraction of sp³-hybridized carbons (Fsp3) is 0.438. The summed E-state index contributed by atoms with van der Waals surface area (Å²) in [6.45, 7) is 4.68. The zero-order valence-electron chi connectivity index (χ0n) is 12.5. The average molecular weight is 287 g/mol. The zero-order valence-corrected chi connectivity index (χ0v) is 12.5. The highest BCUT2D eigenvalue weighted by Gasteiger charge is 2.23. The largest absolute Gasteiger partial charge is 0.319 e. The van der Waals surface area contributed by atoms with Crippen molar-refractivity contribution in [1.29, 1.82) is 5.26 Å². The molecule has 1 amide bonds. The predicted molar refractivity (Wildman–Crippen MR) is 81.8 cm³/mol. The second-order valence-corrected chi connectivity index (χ2v) is 4.81. The van der Waals surface area contributed by atoms with Crippen molar-refractivity contribution in [2.45, 2.75) is 39.2 Å². The Morgan fingerprint density at radius 2 is 2.05 bits per heavy atom. The van der Waals surface area contributed by atoms with Gasteiger partial charge in [-0.15, -0.1) is 0 Å². The number of hydrogen-bond acceptors (Lipinski definition) is 4. The third-order valence-electron chi connectivity index (χ3n) is 3.01. The van der Waals surface area contributed by atoms with E-state index < -0.39 is 17.7 Å². The van der Waals surface area contributed by atoms with Gasteiger partial charge in [0.05, 0.1) is 17.7 Å². The van der Waals surface area contributed by atoms with Gasteiger partial charge < -0.3 is 10.6 Å². The molecule has 2 N–H and O–H groups in total. The molecule has 0 saturated heterocycles. The molecule has 1 atom stereocenters. The number of amides is 1. The van der Waals surface area contributed by atoms with Crippen molar-refractivity contribution < 1.29 is 9.59 Å². The highest BCUT2D eigenvalue weighted by atomic mass is 16.2. The summed E-state index contributed by atoms with van der Waals surface area (Å²) in [5, 5.41) is 14.5. The van der Waals surface area contributed by atoms with Crippen molar-refractivity contribution in [3.63, 3.8) is 0 Å². The summed E-state index contributed by atoms with van der Waals surface area (Å²) in [7, 11) is 0. The molecule has 1 unspecified atom stereocenters. The molecule has 0 bridgehead atoms. The number of rotatable bonds is 8. The van der Waals surface area contributed by atoms with E-state index in [0.717, 1.165) is 12.8 Å². The summed E-state index contributed by atoms with van der Waals surface area (Å²) in [6, 6.07) is 8.04. The Kier molecular flexibility index (Phi) is 7.13. The predicted octanol–water partition coefficient (Wildman–Crippen LogP) is 2.23. The Balaban J connectivity index is 2.71. The molecule has 0 aliphatic rings. The topological polar surface area (TPSA) is 82.0 Å². The third-order valence-corrected chi connectivity index (χ3v) is 3.01. The Morgan fingerprint density at radius 3 is 2.67 bits per heavy atom. The molecule has 5 heteroatoms. The van der Waals surface area contributed by atoms with E-state index in [0.29, 0.717) is 24.2 Å². The quantitative estimate of drug-likeness (QED) is 0.718. The second-order valence-electron chi connectivity index (χ2n) is 4.81. The molecule has 1 rings (SSSR count). The lowest BCUT2D eigenvalue weighted by Gasteiger charge is -2.16. The van der Waals surface area contributed by atoms with Crippen molar-refractivity contribution in [1.82, 2.24) is 5.32 Å². The van der Waals surface area contributed by atoms with Crippen molar-refractivity contribution >= 4 is 17.4 Å². The smallest absolute Gasteiger partial charge is 0.293 e. The fourth-order valence-corrected chi connectivity index (χ4v) is 1.95. The highest BCUT2D eigenvalue weighted by Crippen LogP contribution is 2.10. The second kappa shape index (κ2) is 8.88. The first-order chi connectivity index (χ1) is 10.1. The molecule has 0 aliphatic heterocycles. The standard InChI is InChI=1S/C16H21N3O2/c1-3-6-14(18-9-4-2)15(20)16(21)19-13-8-5-7-12(10-13)11-17/h5,7-8,10,14,18H,3-4,6,9H2,1-2H3,(H,19,21). The number of hydrogen-bond donors (Lipinski definition) is 2.